The van der Waals surface area contributed by atoms with Gasteiger partial charge in [-0.3, -0.25) is 4.79 Å². The molecule has 0 unspecified atom stereocenters. The molecule has 2 heterocycles. The van der Waals surface area contributed by atoms with Crippen LogP contribution in [0.15, 0.2) is 34.5 Å². The molecule has 0 atom stereocenters. The first-order chi connectivity index (χ1) is 15.5. The molecule has 0 aliphatic carbocycles. The molecular formula is C19H18F3N3O5S3. The van der Waals surface area contributed by atoms with Crippen LogP contribution in [0.3, 0.4) is 0 Å². The zero-order chi connectivity index (χ0) is 24.2. The molecule has 0 bridgehead atoms. The number of alkyl halides is 3. The van der Waals surface area contributed by atoms with E-state index in [1.165, 1.54) is 11.3 Å². The average Bonchev–Trinajstić information content (AvgIpc) is 3.38. The fourth-order valence-corrected chi connectivity index (χ4v) is 5.27. The van der Waals surface area contributed by atoms with Crippen molar-refractivity contribution in [1.82, 2.24) is 9.97 Å². The van der Waals surface area contributed by atoms with Crippen molar-refractivity contribution in [3.05, 3.63) is 45.9 Å². The number of benzene rings is 1. The summed E-state index contributed by atoms with van der Waals surface area (Å²) in [7, 11) is -5.45. The Hall–Kier alpha value is -2.39. The number of nitrogens with one attached hydrogen (secondary N) is 1. The fourth-order valence-electron chi connectivity index (χ4n) is 2.79. The molecule has 1 amide bonds. The minimum atomic E-state index is -5.45. The lowest BCUT2D eigenvalue weighted by atomic mass is 10.1. The minimum absolute atomic E-state index is 0.00703. The van der Waals surface area contributed by atoms with Gasteiger partial charge in [0.15, 0.2) is 5.13 Å². The second kappa shape index (κ2) is 10.3. The van der Waals surface area contributed by atoms with Crippen molar-refractivity contribution >= 4 is 43.5 Å². The highest BCUT2D eigenvalue weighted by atomic mass is 32.2. The molecule has 8 nitrogen and oxygen atoms in total. The molecule has 3 N–H and O–H groups in total. The number of amides is 1. The van der Waals surface area contributed by atoms with E-state index in [-0.39, 0.29) is 19.6 Å². The van der Waals surface area contributed by atoms with Gasteiger partial charge in [0, 0.05) is 12.0 Å². The summed E-state index contributed by atoms with van der Waals surface area (Å²) in [6.45, 7) is -0.236. The van der Waals surface area contributed by atoms with Crippen molar-refractivity contribution in [3.8, 4) is 10.6 Å². The van der Waals surface area contributed by atoms with Crippen LogP contribution in [0.25, 0.3) is 10.6 Å². The Bertz CT molecular complexity index is 1220. The smallest absolute Gasteiger partial charge is 0.396 e. The average molecular weight is 522 g/mol. The van der Waals surface area contributed by atoms with Crippen molar-refractivity contribution in [2.75, 3.05) is 11.9 Å². The Morgan fingerprint density at radius 2 is 1.82 bits per heavy atom. The molecule has 1 aromatic carbocycles. The lowest BCUT2D eigenvalue weighted by Gasteiger charge is -2.08. The molecule has 14 heteroatoms. The second-order valence-electron chi connectivity index (χ2n) is 6.72. The summed E-state index contributed by atoms with van der Waals surface area (Å²) >= 11 is 2.42. The summed E-state index contributed by atoms with van der Waals surface area (Å²) in [5.41, 5.74) is -3.83. The fraction of sp³-hybridized carbons (Fsp3) is 0.316. The zero-order valence-corrected chi connectivity index (χ0v) is 19.2. The Balaban J connectivity index is 1.68. The van der Waals surface area contributed by atoms with Crippen LogP contribution in [0.5, 0.6) is 0 Å². The van der Waals surface area contributed by atoms with E-state index in [2.05, 4.69) is 15.3 Å². The SMILES string of the molecule is O=C(Cc1ccc(S(=O)(=O)C(F)(F)F)cc1)Nc1nc(-c2sc(CO)nc2CCCO)cs1. The molecule has 178 valence electrons. The Morgan fingerprint density at radius 1 is 1.12 bits per heavy atom. The van der Waals surface area contributed by atoms with E-state index in [0.29, 0.717) is 39.9 Å². The van der Waals surface area contributed by atoms with Gasteiger partial charge in [-0.1, -0.05) is 12.1 Å². The van der Waals surface area contributed by atoms with Crippen LogP contribution in [-0.2, 0) is 34.1 Å². The van der Waals surface area contributed by atoms with Crippen molar-refractivity contribution in [2.24, 2.45) is 0 Å². The molecule has 0 saturated heterocycles. The number of thiazole rings is 2. The van der Waals surface area contributed by atoms with E-state index < -0.39 is 26.1 Å². The number of carbonyl (C=O) groups excluding carboxylic acids is 1. The molecule has 3 rings (SSSR count). The van der Waals surface area contributed by atoms with Crippen LogP contribution >= 0.6 is 22.7 Å². The first-order valence-electron chi connectivity index (χ1n) is 9.41. The highest BCUT2D eigenvalue weighted by Gasteiger charge is 2.46. The maximum Gasteiger partial charge on any atom is 0.501 e. The van der Waals surface area contributed by atoms with Gasteiger partial charge in [-0.2, -0.15) is 13.2 Å². The number of nitrogens with zero attached hydrogens (tertiary/aromatic N) is 2. The number of aliphatic hydroxyl groups excluding tert-OH is 2. The summed E-state index contributed by atoms with van der Waals surface area (Å²) in [5, 5.41) is 23.5. The standard InChI is InChI=1S/C19H18F3N3O5S3/c20-19(21,22)33(29,30)12-5-3-11(4-6-12)8-15(28)25-18-24-14(10-31-18)17-13(2-1-7-26)23-16(9-27)32-17/h3-6,10,26-27H,1-2,7-9H2,(H,24,25,28). The number of aromatic nitrogens is 2. The third-order valence-corrected chi connectivity index (χ3v) is 7.70. The third-order valence-electron chi connectivity index (χ3n) is 4.33. The summed E-state index contributed by atoms with van der Waals surface area (Å²) < 4.78 is 60.7. The number of aliphatic hydroxyl groups is 2. The van der Waals surface area contributed by atoms with E-state index in [1.54, 1.807) is 5.38 Å². The van der Waals surface area contributed by atoms with E-state index >= 15 is 0 Å². The predicted octanol–water partition coefficient (Wildman–Crippen LogP) is 3.16. The van der Waals surface area contributed by atoms with Gasteiger partial charge in [-0.25, -0.2) is 18.4 Å². The highest BCUT2D eigenvalue weighted by molar-refractivity contribution is 7.92. The van der Waals surface area contributed by atoms with Gasteiger partial charge in [0.2, 0.25) is 5.91 Å². The molecular weight excluding hydrogens is 503 g/mol. The van der Waals surface area contributed by atoms with Crippen molar-refractivity contribution in [3.63, 3.8) is 0 Å². The Kier molecular flexibility index (Phi) is 7.84. The molecule has 3 aromatic rings. The Labute approximate surface area is 194 Å². The van der Waals surface area contributed by atoms with Crippen molar-refractivity contribution in [1.29, 1.82) is 0 Å². The van der Waals surface area contributed by atoms with Crippen molar-refractivity contribution < 1.29 is 36.6 Å². The summed E-state index contributed by atoms with van der Waals surface area (Å²) in [6, 6.07) is 3.91. The maximum absolute atomic E-state index is 12.6. The molecule has 0 fully saturated rings. The number of anilines is 1. The number of rotatable bonds is 9. The van der Waals surface area contributed by atoms with Crippen LogP contribution in [-0.4, -0.2) is 46.6 Å². The predicted molar refractivity (Wildman–Crippen MR) is 117 cm³/mol. The van der Waals surface area contributed by atoms with E-state index in [0.717, 1.165) is 40.5 Å². The van der Waals surface area contributed by atoms with Crippen LogP contribution in [0, 0.1) is 0 Å². The summed E-state index contributed by atoms with van der Waals surface area (Å²) in [5.74, 6) is -0.483. The van der Waals surface area contributed by atoms with E-state index in [4.69, 9.17) is 5.11 Å². The first-order valence-corrected chi connectivity index (χ1v) is 12.6. The molecule has 33 heavy (non-hydrogen) atoms. The summed E-state index contributed by atoms with van der Waals surface area (Å²) in [4.78, 5) is 20.8. The molecule has 0 aliphatic heterocycles. The van der Waals surface area contributed by atoms with Crippen LogP contribution in [0.1, 0.15) is 22.7 Å². The van der Waals surface area contributed by atoms with Gasteiger partial charge in [-0.15, -0.1) is 22.7 Å². The number of hydrogen-bond donors (Lipinski definition) is 3. The highest BCUT2D eigenvalue weighted by Crippen LogP contribution is 2.34. The van der Waals surface area contributed by atoms with Gasteiger partial charge >= 0.3 is 5.51 Å². The lowest BCUT2D eigenvalue weighted by molar-refractivity contribution is -0.115. The van der Waals surface area contributed by atoms with E-state index in [9.17, 15) is 31.5 Å². The van der Waals surface area contributed by atoms with E-state index in [1.807, 2.05) is 0 Å². The van der Waals surface area contributed by atoms with Crippen LogP contribution in [0.4, 0.5) is 18.3 Å². The molecule has 0 radical (unpaired) electrons. The number of sulfone groups is 1. The summed E-state index contributed by atoms with van der Waals surface area (Å²) in [6.07, 6.45) is 0.804. The number of halogens is 3. The van der Waals surface area contributed by atoms with Gasteiger partial charge in [-0.05, 0) is 30.5 Å². The van der Waals surface area contributed by atoms with Gasteiger partial charge < -0.3 is 15.5 Å². The molecule has 0 saturated carbocycles. The molecule has 2 aromatic heterocycles. The minimum Gasteiger partial charge on any atom is -0.396 e. The zero-order valence-electron chi connectivity index (χ0n) is 16.8. The number of hydrogen-bond acceptors (Lipinski definition) is 9. The molecule has 0 spiro atoms. The maximum atomic E-state index is 12.6. The first kappa shape index (κ1) is 25.2. The topological polar surface area (TPSA) is 129 Å². The quantitative estimate of drug-likeness (QED) is 0.394. The Morgan fingerprint density at radius 3 is 2.42 bits per heavy atom. The largest absolute Gasteiger partial charge is 0.501 e. The van der Waals surface area contributed by atoms with Crippen LogP contribution < -0.4 is 5.32 Å². The lowest BCUT2D eigenvalue weighted by Crippen LogP contribution is -2.23. The second-order valence-corrected chi connectivity index (χ2v) is 10.6. The normalized spacial score (nSPS) is 12.2. The monoisotopic (exact) mass is 521 g/mol. The number of carbonyl (C=O) groups is 1. The molecule has 0 aliphatic rings. The number of aryl methyl sites for hydroxylation is 1. The van der Waals surface area contributed by atoms with Gasteiger partial charge in [0.05, 0.1) is 34.2 Å². The van der Waals surface area contributed by atoms with Crippen molar-refractivity contribution in [2.45, 2.75) is 36.3 Å². The van der Waals surface area contributed by atoms with Gasteiger partial charge in [0.1, 0.15) is 5.01 Å². The third kappa shape index (κ3) is 5.95. The van der Waals surface area contributed by atoms with Gasteiger partial charge in [0.25, 0.3) is 9.84 Å². The van der Waals surface area contributed by atoms with Crippen LogP contribution in [0.2, 0.25) is 0 Å².